The monoisotopic (exact) mass is 311 g/mol. The number of rotatable bonds is 4. The number of carbonyl (C=O) groups excluding carboxylic acids is 1. The van der Waals surface area contributed by atoms with Gasteiger partial charge in [0.05, 0.1) is 6.26 Å². The van der Waals surface area contributed by atoms with Crippen LogP contribution in [0.3, 0.4) is 0 Å². The van der Waals surface area contributed by atoms with Gasteiger partial charge in [0.15, 0.2) is 0 Å². The third kappa shape index (κ3) is 4.18. The van der Waals surface area contributed by atoms with E-state index in [1.807, 2.05) is 24.3 Å². The van der Waals surface area contributed by atoms with Crippen LogP contribution in [0.5, 0.6) is 0 Å². The highest BCUT2D eigenvalue weighted by Gasteiger charge is 2.25. The van der Waals surface area contributed by atoms with E-state index in [2.05, 4.69) is 0 Å². The van der Waals surface area contributed by atoms with Crippen LogP contribution in [0.4, 0.5) is 5.69 Å². The fourth-order valence-electron chi connectivity index (χ4n) is 2.43. The molecule has 0 spiro atoms. The number of carbonyl (C=O) groups is 1. The minimum Gasteiger partial charge on any atom is -0.399 e. The van der Waals surface area contributed by atoms with Crippen LogP contribution in [0.2, 0.25) is 0 Å². The van der Waals surface area contributed by atoms with Gasteiger partial charge < -0.3 is 10.6 Å². The van der Waals surface area contributed by atoms with Gasteiger partial charge in [-0.05, 0) is 18.1 Å². The molecule has 0 aromatic heterocycles. The number of nitrogens with two attached hydrogens (primary N) is 1. The molecule has 1 aliphatic rings. The Kier molecular flexibility index (Phi) is 4.84. The summed E-state index contributed by atoms with van der Waals surface area (Å²) in [6.07, 6.45) is 2.20. The third-order valence-corrected chi connectivity index (χ3v) is 5.03. The van der Waals surface area contributed by atoms with Gasteiger partial charge in [-0.15, -0.1) is 0 Å². The van der Waals surface area contributed by atoms with Gasteiger partial charge in [0, 0.05) is 38.3 Å². The number of benzene rings is 1. The van der Waals surface area contributed by atoms with E-state index in [0.29, 0.717) is 44.7 Å². The van der Waals surface area contributed by atoms with Crippen molar-refractivity contribution < 1.29 is 13.2 Å². The number of sulfonamides is 1. The summed E-state index contributed by atoms with van der Waals surface area (Å²) >= 11 is 0. The highest BCUT2D eigenvalue weighted by Crippen LogP contribution is 2.14. The highest BCUT2D eigenvalue weighted by atomic mass is 32.2. The molecule has 1 aromatic carbocycles. The van der Waals surface area contributed by atoms with Gasteiger partial charge in [-0.25, -0.2) is 8.42 Å². The van der Waals surface area contributed by atoms with Crippen LogP contribution >= 0.6 is 0 Å². The molecule has 0 bridgehead atoms. The molecule has 1 aliphatic heterocycles. The van der Waals surface area contributed by atoms with Gasteiger partial charge in [0.2, 0.25) is 15.9 Å². The molecule has 1 fully saturated rings. The van der Waals surface area contributed by atoms with Crippen LogP contribution in [0.25, 0.3) is 0 Å². The molecule has 0 saturated carbocycles. The molecule has 1 heterocycles. The molecule has 116 valence electrons. The van der Waals surface area contributed by atoms with Crippen molar-refractivity contribution in [2.45, 2.75) is 12.8 Å². The first-order valence-corrected chi connectivity index (χ1v) is 8.79. The predicted octanol–water partition coefficient (Wildman–Crippen LogP) is 0.305. The summed E-state index contributed by atoms with van der Waals surface area (Å²) in [6.45, 7) is 1.66. The molecule has 2 rings (SSSR count). The van der Waals surface area contributed by atoms with Crippen molar-refractivity contribution in [3.05, 3.63) is 29.8 Å². The summed E-state index contributed by atoms with van der Waals surface area (Å²) in [5.41, 5.74) is 7.53. The van der Waals surface area contributed by atoms with Crippen molar-refractivity contribution in [3.8, 4) is 0 Å². The molecule has 0 atom stereocenters. The molecule has 2 N–H and O–H groups in total. The van der Waals surface area contributed by atoms with E-state index in [-0.39, 0.29) is 5.91 Å². The number of amides is 1. The van der Waals surface area contributed by atoms with E-state index in [0.717, 1.165) is 5.56 Å². The summed E-state index contributed by atoms with van der Waals surface area (Å²) in [6, 6.07) is 7.51. The number of aryl methyl sites for hydroxylation is 1. The maximum atomic E-state index is 12.2. The Morgan fingerprint density at radius 3 is 2.38 bits per heavy atom. The third-order valence-electron chi connectivity index (χ3n) is 3.72. The van der Waals surface area contributed by atoms with Gasteiger partial charge in [-0.3, -0.25) is 4.79 Å². The van der Waals surface area contributed by atoms with E-state index in [1.165, 1.54) is 10.6 Å². The van der Waals surface area contributed by atoms with E-state index in [1.54, 1.807) is 4.90 Å². The number of anilines is 1. The first-order valence-electron chi connectivity index (χ1n) is 6.94. The maximum Gasteiger partial charge on any atom is 0.222 e. The van der Waals surface area contributed by atoms with Crippen LogP contribution in [-0.2, 0) is 21.2 Å². The standard InChI is InChI=1S/C14H21N3O3S/c1-21(19,20)17-10-8-16(9-11-17)14(18)7-6-12-4-2-3-5-13(12)15/h2-5H,6-11,15H2,1H3. The molecule has 0 radical (unpaired) electrons. The number of para-hydroxylation sites is 1. The minimum absolute atomic E-state index is 0.0476. The van der Waals surface area contributed by atoms with Crippen LogP contribution in [0, 0.1) is 0 Å². The first-order chi connectivity index (χ1) is 9.88. The van der Waals surface area contributed by atoms with Gasteiger partial charge >= 0.3 is 0 Å². The first kappa shape index (κ1) is 15.8. The van der Waals surface area contributed by atoms with Crippen LogP contribution in [-0.4, -0.2) is 56.0 Å². The fraction of sp³-hybridized carbons (Fsp3) is 0.500. The molecular formula is C14H21N3O3S. The lowest BCUT2D eigenvalue weighted by molar-refractivity contribution is -0.132. The van der Waals surface area contributed by atoms with E-state index >= 15 is 0 Å². The largest absolute Gasteiger partial charge is 0.399 e. The lowest BCUT2D eigenvalue weighted by Gasteiger charge is -2.33. The Morgan fingerprint density at radius 1 is 1.19 bits per heavy atom. The summed E-state index contributed by atoms with van der Waals surface area (Å²) < 4.78 is 24.2. The van der Waals surface area contributed by atoms with Crippen molar-refractivity contribution in [1.29, 1.82) is 0 Å². The smallest absolute Gasteiger partial charge is 0.222 e. The number of nitrogens with zero attached hydrogens (tertiary/aromatic N) is 2. The lowest BCUT2D eigenvalue weighted by Crippen LogP contribution is -2.50. The second kappa shape index (κ2) is 6.44. The Hall–Kier alpha value is -1.60. The highest BCUT2D eigenvalue weighted by molar-refractivity contribution is 7.88. The zero-order chi connectivity index (χ0) is 15.5. The molecule has 0 aliphatic carbocycles. The number of hydrogen-bond acceptors (Lipinski definition) is 4. The van der Waals surface area contributed by atoms with Crippen LogP contribution < -0.4 is 5.73 Å². The number of hydrogen-bond donors (Lipinski definition) is 1. The zero-order valence-corrected chi connectivity index (χ0v) is 13.0. The van der Waals surface area contributed by atoms with Crippen LogP contribution in [0.15, 0.2) is 24.3 Å². The second-order valence-corrected chi connectivity index (χ2v) is 7.22. The molecule has 6 nitrogen and oxygen atoms in total. The summed E-state index contributed by atoms with van der Waals surface area (Å²) in [5, 5.41) is 0. The van der Waals surface area contributed by atoms with Gasteiger partial charge in [0.1, 0.15) is 0 Å². The molecule has 1 saturated heterocycles. The fourth-order valence-corrected chi connectivity index (χ4v) is 3.26. The topological polar surface area (TPSA) is 83.7 Å². The summed E-state index contributed by atoms with van der Waals surface area (Å²) in [4.78, 5) is 13.9. The Morgan fingerprint density at radius 2 is 1.81 bits per heavy atom. The number of nitrogen functional groups attached to an aromatic ring is 1. The molecule has 21 heavy (non-hydrogen) atoms. The average molecular weight is 311 g/mol. The van der Waals surface area contributed by atoms with Gasteiger partial charge in [0.25, 0.3) is 0 Å². The molecule has 1 amide bonds. The van der Waals surface area contributed by atoms with E-state index in [4.69, 9.17) is 5.73 Å². The van der Waals surface area contributed by atoms with Crippen molar-refractivity contribution in [1.82, 2.24) is 9.21 Å². The SMILES string of the molecule is CS(=O)(=O)N1CCN(C(=O)CCc2ccccc2N)CC1. The Balaban J connectivity index is 1.84. The molecular weight excluding hydrogens is 290 g/mol. The van der Waals surface area contributed by atoms with Crippen molar-refractivity contribution in [2.24, 2.45) is 0 Å². The second-order valence-electron chi connectivity index (χ2n) is 5.24. The summed E-state index contributed by atoms with van der Waals surface area (Å²) in [5.74, 6) is 0.0476. The minimum atomic E-state index is -3.16. The van der Waals surface area contributed by atoms with Crippen molar-refractivity contribution >= 4 is 21.6 Å². The average Bonchev–Trinajstić information content (AvgIpc) is 2.45. The number of piperazine rings is 1. The Bertz CT molecular complexity index is 608. The van der Waals surface area contributed by atoms with Crippen molar-refractivity contribution in [2.75, 3.05) is 38.2 Å². The quantitative estimate of drug-likeness (QED) is 0.811. The Labute approximate surface area is 125 Å². The predicted molar refractivity (Wildman–Crippen MR) is 82.2 cm³/mol. The van der Waals surface area contributed by atoms with E-state index < -0.39 is 10.0 Å². The molecule has 0 unspecified atom stereocenters. The van der Waals surface area contributed by atoms with E-state index in [9.17, 15) is 13.2 Å². The normalized spacial score (nSPS) is 16.9. The molecule has 1 aromatic rings. The summed E-state index contributed by atoms with van der Waals surface area (Å²) in [7, 11) is -3.16. The van der Waals surface area contributed by atoms with Gasteiger partial charge in [-0.1, -0.05) is 18.2 Å². The molecule has 7 heteroatoms. The van der Waals surface area contributed by atoms with Crippen molar-refractivity contribution in [3.63, 3.8) is 0 Å². The van der Waals surface area contributed by atoms with Gasteiger partial charge in [-0.2, -0.15) is 4.31 Å². The van der Waals surface area contributed by atoms with Crippen LogP contribution in [0.1, 0.15) is 12.0 Å². The zero-order valence-electron chi connectivity index (χ0n) is 12.2. The lowest BCUT2D eigenvalue weighted by atomic mass is 10.1. The maximum absolute atomic E-state index is 12.2.